The fraction of sp³-hybridized carbons (Fsp3) is 0.923. The van der Waals surface area contributed by atoms with E-state index in [1.54, 1.807) is 0 Å². The Balaban J connectivity index is 2.32. The Bertz CT molecular complexity index is 262. The molecule has 0 atom stereocenters. The lowest BCUT2D eigenvalue weighted by molar-refractivity contribution is 0.214. The maximum Gasteiger partial charge on any atom is 0.315 e. The van der Waals surface area contributed by atoms with Gasteiger partial charge in [0.1, 0.15) is 0 Å². The normalized spacial score (nSPS) is 29.8. The number of rotatable bonds is 2. The SMILES string of the molecule is CC1CCC(N)(CNC(=O)NC(C)(C)C)CC1. The first kappa shape index (κ1) is 14.3. The van der Waals surface area contributed by atoms with E-state index in [0.717, 1.165) is 18.8 Å². The zero-order valence-electron chi connectivity index (χ0n) is 11.6. The molecule has 0 radical (unpaired) electrons. The Morgan fingerprint density at radius 1 is 1.35 bits per heavy atom. The number of hydrogen-bond donors (Lipinski definition) is 3. The van der Waals surface area contributed by atoms with E-state index in [9.17, 15) is 4.79 Å². The third kappa shape index (κ3) is 5.39. The fourth-order valence-electron chi connectivity index (χ4n) is 2.15. The van der Waals surface area contributed by atoms with Crippen LogP contribution in [0.15, 0.2) is 0 Å². The second-order valence-corrected chi connectivity index (χ2v) is 6.60. The molecule has 1 aliphatic carbocycles. The first-order valence-electron chi connectivity index (χ1n) is 6.55. The quantitative estimate of drug-likeness (QED) is 0.692. The summed E-state index contributed by atoms with van der Waals surface area (Å²) in [6, 6.07) is -0.124. The Labute approximate surface area is 105 Å². The van der Waals surface area contributed by atoms with Crippen molar-refractivity contribution in [1.82, 2.24) is 10.6 Å². The summed E-state index contributed by atoms with van der Waals surface area (Å²) in [4.78, 5) is 11.6. The molecule has 4 N–H and O–H groups in total. The van der Waals surface area contributed by atoms with Crippen molar-refractivity contribution in [3.05, 3.63) is 0 Å². The van der Waals surface area contributed by atoms with E-state index in [0.29, 0.717) is 6.54 Å². The Morgan fingerprint density at radius 3 is 2.35 bits per heavy atom. The van der Waals surface area contributed by atoms with Crippen LogP contribution in [-0.4, -0.2) is 23.7 Å². The van der Waals surface area contributed by atoms with Gasteiger partial charge in [-0.25, -0.2) is 4.79 Å². The van der Waals surface area contributed by atoms with E-state index in [1.807, 2.05) is 20.8 Å². The molecule has 1 saturated carbocycles. The van der Waals surface area contributed by atoms with Gasteiger partial charge in [-0.05, 0) is 52.4 Å². The van der Waals surface area contributed by atoms with Crippen LogP contribution in [0.25, 0.3) is 0 Å². The van der Waals surface area contributed by atoms with E-state index in [1.165, 1.54) is 12.8 Å². The molecule has 17 heavy (non-hydrogen) atoms. The highest BCUT2D eigenvalue weighted by molar-refractivity contribution is 5.74. The minimum absolute atomic E-state index is 0.124. The number of carbonyl (C=O) groups is 1. The zero-order valence-corrected chi connectivity index (χ0v) is 11.6. The van der Waals surface area contributed by atoms with E-state index in [-0.39, 0.29) is 17.1 Å². The monoisotopic (exact) mass is 241 g/mol. The third-order valence-electron chi connectivity index (χ3n) is 3.36. The van der Waals surface area contributed by atoms with Crippen LogP contribution in [0.4, 0.5) is 4.79 Å². The highest BCUT2D eigenvalue weighted by atomic mass is 16.2. The number of urea groups is 1. The molecule has 2 amide bonds. The third-order valence-corrected chi connectivity index (χ3v) is 3.36. The molecule has 1 aliphatic rings. The van der Waals surface area contributed by atoms with E-state index in [2.05, 4.69) is 17.6 Å². The van der Waals surface area contributed by atoms with Gasteiger partial charge in [0, 0.05) is 17.6 Å². The standard InChI is InChI=1S/C13H27N3O/c1-10-5-7-13(14,8-6-10)9-15-11(17)16-12(2,3)4/h10H,5-9,14H2,1-4H3,(H2,15,16,17). The number of hydrogen-bond acceptors (Lipinski definition) is 2. The lowest BCUT2D eigenvalue weighted by atomic mass is 9.78. The van der Waals surface area contributed by atoms with Crippen LogP contribution in [0, 0.1) is 5.92 Å². The molecule has 0 aromatic rings. The summed E-state index contributed by atoms with van der Waals surface area (Å²) in [6.07, 6.45) is 4.34. The van der Waals surface area contributed by atoms with Gasteiger partial charge in [-0.3, -0.25) is 0 Å². The number of carbonyl (C=O) groups excluding carboxylic acids is 1. The Hall–Kier alpha value is -0.770. The van der Waals surface area contributed by atoms with Crippen molar-refractivity contribution in [3.63, 3.8) is 0 Å². The van der Waals surface area contributed by atoms with Gasteiger partial charge >= 0.3 is 6.03 Å². The minimum Gasteiger partial charge on any atom is -0.336 e. The zero-order chi connectivity index (χ0) is 13.1. The maximum absolute atomic E-state index is 11.6. The Kier molecular flexibility index (Phi) is 4.42. The van der Waals surface area contributed by atoms with Gasteiger partial charge in [-0.15, -0.1) is 0 Å². The first-order valence-corrected chi connectivity index (χ1v) is 6.55. The fourth-order valence-corrected chi connectivity index (χ4v) is 2.15. The van der Waals surface area contributed by atoms with Crippen molar-refractivity contribution in [1.29, 1.82) is 0 Å². The predicted octanol–water partition coefficient (Wildman–Crippen LogP) is 1.99. The van der Waals surface area contributed by atoms with Crippen LogP contribution in [0.1, 0.15) is 53.4 Å². The van der Waals surface area contributed by atoms with Crippen LogP contribution < -0.4 is 16.4 Å². The summed E-state index contributed by atoms with van der Waals surface area (Å²) in [5.41, 5.74) is 5.88. The summed E-state index contributed by atoms with van der Waals surface area (Å²) in [6.45, 7) is 8.73. The van der Waals surface area contributed by atoms with Crippen LogP contribution in [0.2, 0.25) is 0 Å². The Morgan fingerprint density at radius 2 is 1.88 bits per heavy atom. The second-order valence-electron chi connectivity index (χ2n) is 6.60. The highest BCUT2D eigenvalue weighted by Gasteiger charge is 2.30. The van der Waals surface area contributed by atoms with Gasteiger partial charge in [-0.1, -0.05) is 6.92 Å². The summed E-state index contributed by atoms with van der Waals surface area (Å²) in [5, 5.41) is 5.77. The molecule has 0 spiro atoms. The molecular formula is C13H27N3O. The van der Waals surface area contributed by atoms with Gasteiger partial charge in [0.15, 0.2) is 0 Å². The second kappa shape index (κ2) is 5.25. The van der Waals surface area contributed by atoms with Crippen molar-refractivity contribution in [2.45, 2.75) is 64.5 Å². The van der Waals surface area contributed by atoms with Crippen LogP contribution in [0.5, 0.6) is 0 Å². The molecular weight excluding hydrogens is 214 g/mol. The average Bonchev–Trinajstić information content (AvgIpc) is 2.18. The lowest BCUT2D eigenvalue weighted by Crippen LogP contribution is -2.55. The smallest absolute Gasteiger partial charge is 0.315 e. The molecule has 0 unspecified atom stereocenters. The first-order chi connectivity index (χ1) is 7.70. The maximum atomic E-state index is 11.6. The molecule has 4 nitrogen and oxygen atoms in total. The molecule has 0 aliphatic heterocycles. The number of nitrogens with one attached hydrogen (secondary N) is 2. The minimum atomic E-state index is -0.207. The van der Waals surface area contributed by atoms with Gasteiger partial charge in [0.05, 0.1) is 0 Å². The van der Waals surface area contributed by atoms with Crippen molar-refractivity contribution >= 4 is 6.03 Å². The lowest BCUT2D eigenvalue weighted by Gasteiger charge is -2.36. The van der Waals surface area contributed by atoms with Crippen molar-refractivity contribution < 1.29 is 4.79 Å². The molecule has 0 saturated heterocycles. The van der Waals surface area contributed by atoms with Crippen LogP contribution >= 0.6 is 0 Å². The molecule has 0 bridgehead atoms. The summed E-state index contributed by atoms with van der Waals surface area (Å²) in [5.74, 6) is 0.773. The predicted molar refractivity (Wildman–Crippen MR) is 70.8 cm³/mol. The van der Waals surface area contributed by atoms with E-state index in [4.69, 9.17) is 5.73 Å². The summed E-state index contributed by atoms with van der Waals surface area (Å²) < 4.78 is 0. The van der Waals surface area contributed by atoms with Crippen molar-refractivity contribution in [2.75, 3.05) is 6.54 Å². The largest absolute Gasteiger partial charge is 0.336 e. The van der Waals surface area contributed by atoms with Gasteiger partial charge in [-0.2, -0.15) is 0 Å². The van der Waals surface area contributed by atoms with Crippen molar-refractivity contribution in [2.24, 2.45) is 11.7 Å². The molecule has 0 aromatic heterocycles. The van der Waals surface area contributed by atoms with E-state index >= 15 is 0 Å². The number of amides is 2. The summed E-state index contributed by atoms with van der Waals surface area (Å²) >= 11 is 0. The van der Waals surface area contributed by atoms with Gasteiger partial charge in [0.25, 0.3) is 0 Å². The van der Waals surface area contributed by atoms with Crippen molar-refractivity contribution in [3.8, 4) is 0 Å². The topological polar surface area (TPSA) is 67.1 Å². The van der Waals surface area contributed by atoms with E-state index < -0.39 is 0 Å². The molecule has 1 rings (SSSR count). The average molecular weight is 241 g/mol. The molecule has 4 heteroatoms. The van der Waals surface area contributed by atoms with Gasteiger partial charge < -0.3 is 16.4 Å². The summed E-state index contributed by atoms with van der Waals surface area (Å²) in [7, 11) is 0. The molecule has 0 aromatic carbocycles. The van der Waals surface area contributed by atoms with Crippen LogP contribution in [0.3, 0.4) is 0 Å². The van der Waals surface area contributed by atoms with Crippen LogP contribution in [-0.2, 0) is 0 Å². The molecule has 100 valence electrons. The molecule has 0 heterocycles. The molecule has 1 fully saturated rings. The van der Waals surface area contributed by atoms with Gasteiger partial charge in [0.2, 0.25) is 0 Å². The highest BCUT2D eigenvalue weighted by Crippen LogP contribution is 2.29. The number of nitrogens with two attached hydrogens (primary N) is 1.